The third-order valence-electron chi connectivity index (χ3n) is 3.85. The molecule has 19 heavy (non-hydrogen) atoms. The van der Waals surface area contributed by atoms with Crippen LogP contribution >= 0.6 is 15.9 Å². The lowest BCUT2D eigenvalue weighted by Crippen LogP contribution is -2.51. The van der Waals surface area contributed by atoms with E-state index in [4.69, 9.17) is 4.74 Å². The molecule has 6 heteroatoms. The number of carbonyl (C=O) groups excluding carboxylic acids is 2. The van der Waals surface area contributed by atoms with E-state index in [2.05, 4.69) is 26.6 Å². The summed E-state index contributed by atoms with van der Waals surface area (Å²) in [5.74, 6) is 0.593. The van der Waals surface area contributed by atoms with Gasteiger partial charge < -0.3 is 10.1 Å². The quantitative estimate of drug-likeness (QED) is 0.770. The maximum Gasteiger partial charge on any atom is 0.322 e. The van der Waals surface area contributed by atoms with Crippen LogP contribution in [-0.2, 0) is 17.6 Å². The van der Waals surface area contributed by atoms with Gasteiger partial charge in [0.15, 0.2) is 0 Å². The molecule has 1 fully saturated rings. The van der Waals surface area contributed by atoms with Crippen LogP contribution in [0.25, 0.3) is 0 Å². The Labute approximate surface area is 118 Å². The minimum atomic E-state index is -0.807. The van der Waals surface area contributed by atoms with Gasteiger partial charge in [-0.15, -0.1) is 0 Å². The second kappa shape index (κ2) is 4.23. The number of halogens is 1. The molecular formula is C13H13BrN2O3. The van der Waals surface area contributed by atoms with Crippen molar-refractivity contribution in [3.05, 3.63) is 27.7 Å². The lowest BCUT2D eigenvalue weighted by Gasteiger charge is -2.33. The van der Waals surface area contributed by atoms with Gasteiger partial charge in [0, 0.05) is 10.9 Å². The highest BCUT2D eigenvalue weighted by Gasteiger charge is 2.48. The van der Waals surface area contributed by atoms with E-state index in [0.29, 0.717) is 19.3 Å². The molecule has 1 spiro atoms. The smallest absolute Gasteiger partial charge is 0.322 e. The number of benzene rings is 1. The van der Waals surface area contributed by atoms with Crippen molar-refractivity contribution in [2.24, 2.45) is 0 Å². The van der Waals surface area contributed by atoms with Gasteiger partial charge in [-0.3, -0.25) is 10.1 Å². The summed E-state index contributed by atoms with van der Waals surface area (Å²) >= 11 is 3.51. The van der Waals surface area contributed by atoms with E-state index in [1.54, 1.807) is 7.11 Å². The van der Waals surface area contributed by atoms with Gasteiger partial charge >= 0.3 is 6.03 Å². The maximum atomic E-state index is 12.0. The molecule has 1 heterocycles. The van der Waals surface area contributed by atoms with Crippen molar-refractivity contribution < 1.29 is 14.3 Å². The Kier molecular flexibility index (Phi) is 2.78. The number of amides is 3. The molecule has 1 aromatic carbocycles. The van der Waals surface area contributed by atoms with Crippen LogP contribution in [0.2, 0.25) is 0 Å². The third-order valence-corrected chi connectivity index (χ3v) is 4.59. The molecule has 2 aliphatic rings. The first kappa shape index (κ1) is 12.5. The number of fused-ring (bicyclic) bond motifs is 1. The van der Waals surface area contributed by atoms with Crippen molar-refractivity contribution in [3.63, 3.8) is 0 Å². The fourth-order valence-electron chi connectivity index (χ4n) is 2.86. The van der Waals surface area contributed by atoms with Gasteiger partial charge in [-0.2, -0.15) is 0 Å². The molecule has 3 amide bonds. The highest BCUT2D eigenvalue weighted by molar-refractivity contribution is 9.10. The Balaban J connectivity index is 2.05. The van der Waals surface area contributed by atoms with E-state index in [-0.39, 0.29) is 5.91 Å². The monoisotopic (exact) mass is 324 g/mol. The first-order valence-corrected chi connectivity index (χ1v) is 6.83. The van der Waals surface area contributed by atoms with Crippen LogP contribution in [0.3, 0.4) is 0 Å². The summed E-state index contributed by atoms with van der Waals surface area (Å²) < 4.78 is 6.30. The number of hydrogen-bond acceptors (Lipinski definition) is 3. The fraction of sp³-hybridized carbons (Fsp3) is 0.385. The molecule has 1 saturated heterocycles. The van der Waals surface area contributed by atoms with Crippen LogP contribution in [0, 0.1) is 0 Å². The summed E-state index contributed by atoms with van der Waals surface area (Å²) in [6.45, 7) is 0. The number of nitrogens with one attached hydrogen (secondary N) is 2. The van der Waals surface area contributed by atoms with E-state index in [9.17, 15) is 9.59 Å². The average Bonchev–Trinajstić information content (AvgIpc) is 2.65. The topological polar surface area (TPSA) is 67.4 Å². The van der Waals surface area contributed by atoms with Gasteiger partial charge in [-0.1, -0.05) is 15.9 Å². The Bertz CT molecular complexity index is 587. The third kappa shape index (κ3) is 1.82. The van der Waals surface area contributed by atoms with Gasteiger partial charge in [0.2, 0.25) is 0 Å². The fourth-order valence-corrected chi connectivity index (χ4v) is 3.37. The summed E-state index contributed by atoms with van der Waals surface area (Å²) in [7, 11) is 1.64. The predicted octanol–water partition coefficient (Wildman–Crippen LogP) is 1.52. The highest BCUT2D eigenvalue weighted by Crippen LogP contribution is 2.39. The zero-order chi connectivity index (χ0) is 13.6. The normalized spacial score (nSPS) is 24.9. The predicted molar refractivity (Wildman–Crippen MR) is 72.1 cm³/mol. The van der Waals surface area contributed by atoms with Crippen molar-refractivity contribution in [3.8, 4) is 5.75 Å². The minimum absolute atomic E-state index is 0.238. The Morgan fingerprint density at radius 3 is 2.74 bits per heavy atom. The first-order chi connectivity index (χ1) is 9.05. The summed E-state index contributed by atoms with van der Waals surface area (Å²) in [4.78, 5) is 23.4. The number of rotatable bonds is 1. The molecule has 1 aliphatic heterocycles. The molecule has 0 bridgehead atoms. The van der Waals surface area contributed by atoms with Gasteiger partial charge in [0.1, 0.15) is 11.3 Å². The number of carbonyl (C=O) groups is 2. The lowest BCUT2D eigenvalue weighted by atomic mass is 9.77. The van der Waals surface area contributed by atoms with Crippen LogP contribution in [0.15, 0.2) is 16.6 Å². The minimum Gasteiger partial charge on any atom is -0.496 e. The van der Waals surface area contributed by atoms with Gasteiger partial charge in [-0.25, -0.2) is 4.79 Å². The molecule has 1 atom stereocenters. The van der Waals surface area contributed by atoms with Crippen molar-refractivity contribution in [1.29, 1.82) is 0 Å². The van der Waals surface area contributed by atoms with E-state index in [1.807, 2.05) is 12.1 Å². The molecule has 5 nitrogen and oxygen atoms in total. The van der Waals surface area contributed by atoms with Crippen LogP contribution in [0.4, 0.5) is 4.79 Å². The molecule has 1 aliphatic carbocycles. The Morgan fingerprint density at radius 1 is 1.32 bits per heavy atom. The highest BCUT2D eigenvalue weighted by atomic mass is 79.9. The van der Waals surface area contributed by atoms with E-state index < -0.39 is 11.6 Å². The Morgan fingerprint density at radius 2 is 2.11 bits per heavy atom. The zero-order valence-electron chi connectivity index (χ0n) is 10.4. The van der Waals surface area contributed by atoms with Crippen molar-refractivity contribution in [2.75, 3.05) is 7.11 Å². The number of hydrogen-bond donors (Lipinski definition) is 2. The molecule has 3 rings (SSSR count). The van der Waals surface area contributed by atoms with E-state index >= 15 is 0 Å². The summed E-state index contributed by atoms with van der Waals surface area (Å²) in [5.41, 5.74) is 1.33. The summed E-state index contributed by atoms with van der Waals surface area (Å²) in [6.07, 6.45) is 1.77. The molecule has 1 aromatic rings. The van der Waals surface area contributed by atoms with Gasteiger partial charge in [0.25, 0.3) is 5.91 Å². The molecule has 0 radical (unpaired) electrons. The van der Waals surface area contributed by atoms with Crippen LogP contribution in [-0.4, -0.2) is 24.6 Å². The average molecular weight is 325 g/mol. The molecule has 2 N–H and O–H groups in total. The molecule has 0 saturated carbocycles. The standard InChI is InChI=1S/C13H13BrN2O3/c1-19-10-3-2-9(14)8-6-13(5-4-7(8)10)11(17)15-12(18)16-13/h2-3H,4-6H2,1H3,(H2,15,16,17,18)/t13-/m0/s1. The molecule has 0 unspecified atom stereocenters. The molecular weight excluding hydrogens is 312 g/mol. The van der Waals surface area contributed by atoms with Crippen molar-refractivity contribution in [2.45, 2.75) is 24.8 Å². The second-order valence-corrected chi connectivity index (χ2v) is 5.73. The van der Waals surface area contributed by atoms with Crippen molar-refractivity contribution >= 4 is 27.9 Å². The van der Waals surface area contributed by atoms with E-state index in [1.165, 1.54) is 0 Å². The maximum absolute atomic E-state index is 12.0. The lowest BCUT2D eigenvalue weighted by molar-refractivity contribution is -0.124. The molecule has 100 valence electrons. The SMILES string of the molecule is COc1ccc(Br)c2c1CC[C@@]1(C2)NC(=O)NC1=O. The number of ether oxygens (including phenoxy) is 1. The van der Waals surface area contributed by atoms with E-state index in [0.717, 1.165) is 21.3 Å². The Hall–Kier alpha value is -1.56. The van der Waals surface area contributed by atoms with Crippen molar-refractivity contribution in [1.82, 2.24) is 10.6 Å². The summed E-state index contributed by atoms with van der Waals surface area (Å²) in [6, 6.07) is 3.41. The summed E-state index contributed by atoms with van der Waals surface area (Å²) in [5, 5.41) is 5.08. The number of methoxy groups -OCH3 is 1. The zero-order valence-corrected chi connectivity index (χ0v) is 12.0. The van der Waals surface area contributed by atoms with Crippen LogP contribution < -0.4 is 15.4 Å². The first-order valence-electron chi connectivity index (χ1n) is 6.03. The van der Waals surface area contributed by atoms with Gasteiger partial charge in [0.05, 0.1) is 7.11 Å². The number of urea groups is 1. The number of imide groups is 1. The largest absolute Gasteiger partial charge is 0.496 e. The van der Waals surface area contributed by atoms with Gasteiger partial charge in [-0.05, 0) is 36.1 Å². The molecule has 0 aromatic heterocycles. The van der Waals surface area contributed by atoms with Crippen LogP contribution in [0.5, 0.6) is 5.75 Å². The van der Waals surface area contributed by atoms with Crippen LogP contribution in [0.1, 0.15) is 17.5 Å². The second-order valence-electron chi connectivity index (χ2n) is 4.87.